The molecule has 1 N–H and O–H groups in total. The van der Waals surface area contributed by atoms with Crippen LogP contribution >= 0.6 is 0 Å². The van der Waals surface area contributed by atoms with Crippen LogP contribution in [0.2, 0.25) is 0 Å². The molecule has 14 heavy (non-hydrogen) atoms. The molecular formula is C9H12N4O. The third-order valence-corrected chi connectivity index (χ3v) is 1.26. The fourth-order valence-corrected chi connectivity index (χ4v) is 0.484. The van der Waals surface area contributed by atoms with Crippen molar-refractivity contribution in [3.05, 3.63) is 11.8 Å². The fourth-order valence-electron chi connectivity index (χ4n) is 0.484. The van der Waals surface area contributed by atoms with Crippen LogP contribution in [-0.4, -0.2) is 18.8 Å². The molecule has 0 heterocycles. The molecule has 0 aromatic carbocycles. The minimum absolute atomic E-state index is 0.140. The molecule has 0 spiro atoms. The first-order chi connectivity index (χ1) is 6.61. The number of rotatable bonds is 4. The largest absolute Gasteiger partial charge is 0.273 e. The van der Waals surface area contributed by atoms with Crippen molar-refractivity contribution in [3.63, 3.8) is 0 Å². The van der Waals surface area contributed by atoms with Gasteiger partial charge >= 0.3 is 0 Å². The summed E-state index contributed by atoms with van der Waals surface area (Å²) in [5, 5.41) is 12.1. The van der Waals surface area contributed by atoms with Crippen LogP contribution in [0.1, 0.15) is 13.8 Å². The molecule has 5 heteroatoms. The van der Waals surface area contributed by atoms with E-state index in [-0.39, 0.29) is 17.4 Å². The van der Waals surface area contributed by atoms with Gasteiger partial charge < -0.3 is 0 Å². The molecule has 0 atom stereocenters. The molecule has 0 bridgehead atoms. The molecule has 0 aromatic heterocycles. The van der Waals surface area contributed by atoms with Gasteiger partial charge in [0.05, 0.1) is 11.8 Å². The number of nitrogens with zero attached hydrogens (tertiary/aromatic N) is 3. The first kappa shape index (κ1) is 12.0. The standard InChI is InChI=1S/C9H12N4O/c1-7(2)9(14)13-12-6-8(4-10)5-11-3/h5-7H,3H2,1-2H3,(H,13,14). The molecule has 1 amide bonds. The van der Waals surface area contributed by atoms with E-state index in [0.717, 1.165) is 0 Å². The smallest absolute Gasteiger partial charge is 0.242 e. The second-order valence-electron chi connectivity index (χ2n) is 2.77. The molecule has 5 nitrogen and oxygen atoms in total. The Balaban J connectivity index is 4.19. The minimum Gasteiger partial charge on any atom is -0.273 e. The van der Waals surface area contributed by atoms with Gasteiger partial charge in [-0.15, -0.1) is 0 Å². The fraction of sp³-hybridized carbons (Fsp3) is 0.333. The Morgan fingerprint density at radius 1 is 1.64 bits per heavy atom. The summed E-state index contributed by atoms with van der Waals surface area (Å²) >= 11 is 0. The Morgan fingerprint density at radius 3 is 2.71 bits per heavy atom. The highest BCUT2D eigenvalue weighted by molar-refractivity contribution is 5.85. The van der Waals surface area contributed by atoms with Gasteiger partial charge in [0.25, 0.3) is 0 Å². The van der Waals surface area contributed by atoms with Gasteiger partial charge in [0.15, 0.2) is 0 Å². The van der Waals surface area contributed by atoms with Crippen molar-refractivity contribution in [2.75, 3.05) is 0 Å². The van der Waals surface area contributed by atoms with Crippen LogP contribution in [0.25, 0.3) is 0 Å². The third-order valence-electron chi connectivity index (χ3n) is 1.26. The first-order valence-corrected chi connectivity index (χ1v) is 4.00. The molecule has 0 saturated carbocycles. The highest BCUT2D eigenvalue weighted by Gasteiger charge is 2.03. The summed E-state index contributed by atoms with van der Waals surface area (Å²) in [6.07, 6.45) is 2.47. The van der Waals surface area contributed by atoms with Crippen LogP contribution in [0.5, 0.6) is 0 Å². The van der Waals surface area contributed by atoms with Crippen LogP contribution in [0.15, 0.2) is 21.9 Å². The zero-order valence-electron chi connectivity index (χ0n) is 8.19. The lowest BCUT2D eigenvalue weighted by molar-refractivity contribution is -0.123. The van der Waals surface area contributed by atoms with Crippen LogP contribution in [0, 0.1) is 17.2 Å². The number of aliphatic imine (C=N–C) groups is 1. The van der Waals surface area contributed by atoms with E-state index in [2.05, 4.69) is 22.2 Å². The zero-order valence-corrected chi connectivity index (χ0v) is 8.19. The van der Waals surface area contributed by atoms with Crippen LogP contribution in [0.4, 0.5) is 0 Å². The lowest BCUT2D eigenvalue weighted by Crippen LogP contribution is -2.22. The summed E-state index contributed by atoms with van der Waals surface area (Å²) in [7, 11) is 0. The molecule has 0 saturated heterocycles. The summed E-state index contributed by atoms with van der Waals surface area (Å²) in [4.78, 5) is 14.4. The molecular weight excluding hydrogens is 180 g/mol. The first-order valence-electron chi connectivity index (χ1n) is 4.00. The Labute approximate surface area is 82.8 Å². The molecule has 0 aliphatic heterocycles. The van der Waals surface area contributed by atoms with E-state index < -0.39 is 0 Å². The maximum Gasteiger partial charge on any atom is 0.242 e. The topological polar surface area (TPSA) is 77.6 Å². The molecule has 0 fully saturated rings. The molecule has 0 aliphatic carbocycles. The van der Waals surface area contributed by atoms with E-state index >= 15 is 0 Å². The Morgan fingerprint density at radius 2 is 2.29 bits per heavy atom. The van der Waals surface area contributed by atoms with E-state index in [1.807, 2.05) is 6.07 Å². The Kier molecular flexibility index (Phi) is 5.63. The van der Waals surface area contributed by atoms with Gasteiger partial charge in [-0.2, -0.15) is 10.4 Å². The number of hydrogen-bond acceptors (Lipinski definition) is 4. The number of nitrogens with one attached hydrogen (secondary N) is 1. The monoisotopic (exact) mass is 192 g/mol. The average molecular weight is 192 g/mol. The molecule has 0 aromatic rings. The number of amides is 1. The van der Waals surface area contributed by atoms with Gasteiger partial charge in [0.2, 0.25) is 5.91 Å². The molecule has 0 aliphatic rings. The van der Waals surface area contributed by atoms with E-state index in [1.165, 1.54) is 12.4 Å². The van der Waals surface area contributed by atoms with Gasteiger partial charge in [-0.3, -0.25) is 9.79 Å². The normalized spacial score (nSPS) is 11.4. The van der Waals surface area contributed by atoms with Gasteiger partial charge in [-0.05, 0) is 6.72 Å². The summed E-state index contributed by atoms with van der Waals surface area (Å²) in [5.41, 5.74) is 2.51. The predicted octanol–water partition coefficient (Wildman–Crippen LogP) is 0.852. The maximum atomic E-state index is 11.0. The predicted molar refractivity (Wildman–Crippen MR) is 54.7 cm³/mol. The quantitative estimate of drug-likeness (QED) is 0.407. The van der Waals surface area contributed by atoms with Crippen molar-refractivity contribution in [2.45, 2.75) is 13.8 Å². The van der Waals surface area contributed by atoms with Gasteiger partial charge in [0, 0.05) is 12.1 Å². The zero-order chi connectivity index (χ0) is 11.0. The van der Waals surface area contributed by atoms with Crippen LogP contribution < -0.4 is 5.43 Å². The van der Waals surface area contributed by atoms with Crippen molar-refractivity contribution in [3.8, 4) is 6.07 Å². The number of allylic oxidation sites excluding steroid dienone is 1. The van der Waals surface area contributed by atoms with Gasteiger partial charge in [0.1, 0.15) is 6.07 Å². The summed E-state index contributed by atoms with van der Waals surface area (Å²) in [5.74, 6) is -0.343. The average Bonchev–Trinajstić information content (AvgIpc) is 2.16. The van der Waals surface area contributed by atoms with Gasteiger partial charge in [-0.25, -0.2) is 5.43 Å². The highest BCUT2D eigenvalue weighted by Crippen LogP contribution is 1.91. The molecule has 0 rings (SSSR count). The van der Waals surface area contributed by atoms with Gasteiger partial charge in [-0.1, -0.05) is 13.8 Å². The van der Waals surface area contributed by atoms with Crippen molar-refractivity contribution in [1.82, 2.24) is 5.43 Å². The van der Waals surface area contributed by atoms with E-state index in [4.69, 9.17) is 5.26 Å². The summed E-state index contributed by atoms with van der Waals surface area (Å²) < 4.78 is 0. The Hall–Kier alpha value is -1.96. The molecule has 0 radical (unpaired) electrons. The van der Waals surface area contributed by atoms with E-state index in [0.29, 0.717) is 0 Å². The van der Waals surface area contributed by atoms with Crippen molar-refractivity contribution >= 4 is 18.8 Å². The van der Waals surface area contributed by atoms with Crippen LogP contribution in [0.3, 0.4) is 0 Å². The second-order valence-corrected chi connectivity index (χ2v) is 2.77. The lowest BCUT2D eigenvalue weighted by atomic mass is 10.2. The van der Waals surface area contributed by atoms with E-state index in [1.54, 1.807) is 13.8 Å². The molecule has 0 unspecified atom stereocenters. The highest BCUT2D eigenvalue weighted by atomic mass is 16.2. The SMILES string of the molecule is C=NC=C(C#N)C=NNC(=O)C(C)C. The van der Waals surface area contributed by atoms with Crippen molar-refractivity contribution in [2.24, 2.45) is 16.0 Å². The number of hydrogen-bond donors (Lipinski definition) is 1. The summed E-state index contributed by atoms with van der Waals surface area (Å²) in [6.45, 7) is 6.69. The molecule has 74 valence electrons. The lowest BCUT2D eigenvalue weighted by Gasteiger charge is -2.00. The summed E-state index contributed by atoms with van der Waals surface area (Å²) in [6, 6.07) is 1.83. The number of carbonyl (C=O) groups excluding carboxylic acids is 1. The van der Waals surface area contributed by atoms with Crippen molar-refractivity contribution < 1.29 is 4.79 Å². The Bertz CT molecular complexity index is 309. The number of hydrazone groups is 1. The van der Waals surface area contributed by atoms with Crippen LogP contribution in [-0.2, 0) is 4.79 Å². The van der Waals surface area contributed by atoms with E-state index in [9.17, 15) is 4.79 Å². The minimum atomic E-state index is -0.204. The second kappa shape index (κ2) is 6.54. The number of carbonyl (C=O) groups is 1. The third kappa shape index (κ3) is 4.83. The number of nitriles is 1. The van der Waals surface area contributed by atoms with Crippen molar-refractivity contribution in [1.29, 1.82) is 5.26 Å². The maximum absolute atomic E-state index is 11.0.